The first-order valence-corrected chi connectivity index (χ1v) is 8.00. The number of aliphatic carboxylic acids is 1. The molecular formula is C14H18N2O3S. The third-order valence-electron chi connectivity index (χ3n) is 4.36. The summed E-state index contributed by atoms with van der Waals surface area (Å²) in [5.74, 6) is -0.835. The Labute approximate surface area is 121 Å². The van der Waals surface area contributed by atoms with Gasteiger partial charge in [-0.05, 0) is 19.3 Å². The first kappa shape index (κ1) is 13.5. The van der Waals surface area contributed by atoms with Crippen molar-refractivity contribution in [2.75, 3.05) is 13.1 Å². The normalized spacial score (nSPS) is 23.4. The van der Waals surface area contributed by atoms with Crippen LogP contribution in [0.5, 0.6) is 0 Å². The maximum absolute atomic E-state index is 12.6. The van der Waals surface area contributed by atoms with E-state index in [2.05, 4.69) is 4.98 Å². The summed E-state index contributed by atoms with van der Waals surface area (Å²) in [6.45, 7) is 0.869. The number of aromatic nitrogens is 1. The van der Waals surface area contributed by atoms with Crippen LogP contribution in [0.15, 0.2) is 5.51 Å². The molecular weight excluding hydrogens is 276 g/mol. The fourth-order valence-corrected chi connectivity index (χ4v) is 4.04. The molecule has 0 radical (unpaired) electrons. The first-order chi connectivity index (χ1) is 9.66. The molecule has 1 aromatic rings. The number of likely N-dealkylation sites (tertiary alicyclic amines) is 1. The second kappa shape index (κ2) is 5.52. The van der Waals surface area contributed by atoms with Gasteiger partial charge in [-0.25, -0.2) is 4.98 Å². The van der Waals surface area contributed by atoms with Crippen LogP contribution in [0.2, 0.25) is 0 Å². The Morgan fingerprint density at radius 1 is 1.30 bits per heavy atom. The monoisotopic (exact) mass is 294 g/mol. The molecule has 0 spiro atoms. The number of carboxylic acids is 1. The zero-order chi connectivity index (χ0) is 14.1. The molecule has 1 aliphatic carbocycles. The highest BCUT2D eigenvalue weighted by atomic mass is 32.1. The summed E-state index contributed by atoms with van der Waals surface area (Å²) >= 11 is 1.39. The quantitative estimate of drug-likeness (QED) is 0.929. The third-order valence-corrected chi connectivity index (χ3v) is 5.19. The van der Waals surface area contributed by atoms with Crippen molar-refractivity contribution in [3.8, 4) is 0 Å². The fraction of sp³-hybridized carbons (Fsp3) is 0.643. The molecule has 1 aromatic heterocycles. The second-order valence-corrected chi connectivity index (χ2v) is 6.48. The van der Waals surface area contributed by atoms with Crippen molar-refractivity contribution >= 4 is 23.2 Å². The summed E-state index contributed by atoms with van der Waals surface area (Å²) in [6, 6.07) is 0. The zero-order valence-electron chi connectivity index (χ0n) is 11.2. The van der Waals surface area contributed by atoms with Gasteiger partial charge in [0.15, 0.2) is 0 Å². The smallest absolute Gasteiger partial charge is 0.308 e. The SMILES string of the molecule is O=C(O)C1CCN(C(=O)c2scnc2C2CCCC2)C1. The molecule has 2 fully saturated rings. The maximum Gasteiger partial charge on any atom is 0.308 e. The van der Waals surface area contributed by atoms with Crippen LogP contribution in [0.1, 0.15) is 53.4 Å². The van der Waals surface area contributed by atoms with Gasteiger partial charge in [-0.1, -0.05) is 12.8 Å². The van der Waals surface area contributed by atoms with Gasteiger partial charge in [0.05, 0.1) is 17.1 Å². The lowest BCUT2D eigenvalue weighted by atomic mass is 10.0. The van der Waals surface area contributed by atoms with E-state index in [1.165, 1.54) is 24.2 Å². The van der Waals surface area contributed by atoms with Crippen LogP contribution in [0.3, 0.4) is 0 Å². The Kier molecular flexibility index (Phi) is 3.74. The van der Waals surface area contributed by atoms with Crippen molar-refractivity contribution in [3.05, 3.63) is 16.1 Å². The Bertz CT molecular complexity index is 522. The van der Waals surface area contributed by atoms with Crippen LogP contribution in [0, 0.1) is 5.92 Å². The molecule has 6 heteroatoms. The minimum atomic E-state index is -0.805. The number of carbonyl (C=O) groups excluding carboxylic acids is 1. The van der Waals surface area contributed by atoms with Crippen LogP contribution in [0.25, 0.3) is 0 Å². The summed E-state index contributed by atoms with van der Waals surface area (Å²) in [7, 11) is 0. The molecule has 0 bridgehead atoms. The molecule has 1 atom stereocenters. The topological polar surface area (TPSA) is 70.5 Å². The largest absolute Gasteiger partial charge is 0.481 e. The number of carbonyl (C=O) groups is 2. The van der Waals surface area contributed by atoms with Gasteiger partial charge in [0.1, 0.15) is 4.88 Å². The molecule has 1 unspecified atom stereocenters. The highest BCUT2D eigenvalue weighted by molar-refractivity contribution is 7.11. The van der Waals surface area contributed by atoms with Crippen LogP contribution in [-0.2, 0) is 4.79 Å². The molecule has 5 nitrogen and oxygen atoms in total. The van der Waals surface area contributed by atoms with Crippen molar-refractivity contribution in [2.45, 2.75) is 38.0 Å². The number of nitrogens with zero attached hydrogens (tertiary/aromatic N) is 2. The Hall–Kier alpha value is -1.43. The van der Waals surface area contributed by atoms with Crippen LogP contribution < -0.4 is 0 Å². The van der Waals surface area contributed by atoms with Crippen molar-refractivity contribution in [3.63, 3.8) is 0 Å². The molecule has 1 saturated carbocycles. The van der Waals surface area contributed by atoms with Gasteiger partial charge < -0.3 is 10.0 Å². The molecule has 3 rings (SSSR count). The molecule has 0 aromatic carbocycles. The summed E-state index contributed by atoms with van der Waals surface area (Å²) in [5, 5.41) is 9.02. The van der Waals surface area contributed by atoms with Crippen molar-refractivity contribution < 1.29 is 14.7 Å². The Balaban J connectivity index is 1.75. The molecule has 108 valence electrons. The van der Waals surface area contributed by atoms with E-state index in [-0.39, 0.29) is 5.91 Å². The summed E-state index contributed by atoms with van der Waals surface area (Å²) in [5.41, 5.74) is 2.68. The number of hydrogen-bond donors (Lipinski definition) is 1. The minimum Gasteiger partial charge on any atom is -0.481 e. The van der Waals surface area contributed by atoms with E-state index in [1.54, 1.807) is 10.4 Å². The van der Waals surface area contributed by atoms with E-state index in [1.807, 2.05) is 0 Å². The summed E-state index contributed by atoms with van der Waals surface area (Å²) in [6.07, 6.45) is 5.20. The van der Waals surface area contributed by atoms with Crippen molar-refractivity contribution in [1.29, 1.82) is 0 Å². The molecule has 2 heterocycles. The van der Waals surface area contributed by atoms with E-state index in [9.17, 15) is 9.59 Å². The van der Waals surface area contributed by atoms with E-state index in [0.717, 1.165) is 23.4 Å². The van der Waals surface area contributed by atoms with Crippen molar-refractivity contribution in [2.24, 2.45) is 5.92 Å². The standard InChI is InChI=1S/C14H18N2O3S/c17-13(16-6-5-10(7-16)14(18)19)12-11(15-8-20-12)9-3-1-2-4-9/h8-10H,1-7H2,(H,18,19). The predicted octanol–water partition coefficient (Wildman–Crippen LogP) is 2.35. The Morgan fingerprint density at radius 2 is 2.05 bits per heavy atom. The van der Waals surface area contributed by atoms with Gasteiger partial charge in [-0.15, -0.1) is 11.3 Å². The van der Waals surface area contributed by atoms with Crippen LogP contribution in [-0.4, -0.2) is 40.0 Å². The fourth-order valence-electron chi connectivity index (χ4n) is 3.19. The van der Waals surface area contributed by atoms with Gasteiger partial charge >= 0.3 is 5.97 Å². The second-order valence-electron chi connectivity index (χ2n) is 5.62. The lowest BCUT2D eigenvalue weighted by molar-refractivity contribution is -0.141. The van der Waals surface area contributed by atoms with E-state index in [4.69, 9.17) is 5.11 Å². The van der Waals surface area contributed by atoms with Gasteiger partial charge in [0.2, 0.25) is 0 Å². The molecule has 1 saturated heterocycles. The lowest BCUT2D eigenvalue weighted by Crippen LogP contribution is -2.30. The highest BCUT2D eigenvalue weighted by Gasteiger charge is 2.34. The van der Waals surface area contributed by atoms with Gasteiger partial charge in [0.25, 0.3) is 5.91 Å². The third kappa shape index (κ3) is 2.44. The van der Waals surface area contributed by atoms with Gasteiger partial charge in [-0.2, -0.15) is 0 Å². The van der Waals surface area contributed by atoms with Crippen LogP contribution >= 0.6 is 11.3 Å². The molecule has 20 heavy (non-hydrogen) atoms. The average molecular weight is 294 g/mol. The minimum absolute atomic E-state index is 0.0295. The summed E-state index contributed by atoms with van der Waals surface area (Å²) < 4.78 is 0. The van der Waals surface area contributed by atoms with Crippen LogP contribution in [0.4, 0.5) is 0 Å². The van der Waals surface area contributed by atoms with E-state index < -0.39 is 11.9 Å². The zero-order valence-corrected chi connectivity index (χ0v) is 12.1. The summed E-state index contributed by atoms with van der Waals surface area (Å²) in [4.78, 5) is 30.3. The first-order valence-electron chi connectivity index (χ1n) is 7.12. The van der Waals surface area contributed by atoms with E-state index >= 15 is 0 Å². The number of rotatable bonds is 3. The lowest BCUT2D eigenvalue weighted by Gasteiger charge is -2.16. The number of hydrogen-bond acceptors (Lipinski definition) is 4. The molecule has 1 aliphatic heterocycles. The van der Waals surface area contributed by atoms with Gasteiger partial charge in [0, 0.05) is 19.0 Å². The number of thiazole rings is 1. The Morgan fingerprint density at radius 3 is 2.70 bits per heavy atom. The maximum atomic E-state index is 12.6. The molecule has 1 N–H and O–H groups in total. The van der Waals surface area contributed by atoms with Gasteiger partial charge in [-0.3, -0.25) is 9.59 Å². The highest BCUT2D eigenvalue weighted by Crippen LogP contribution is 2.37. The number of amides is 1. The molecule has 2 aliphatic rings. The van der Waals surface area contributed by atoms with Crippen molar-refractivity contribution in [1.82, 2.24) is 9.88 Å². The predicted molar refractivity (Wildman–Crippen MR) is 75.0 cm³/mol. The van der Waals surface area contributed by atoms with E-state index in [0.29, 0.717) is 25.4 Å². The average Bonchev–Trinajstić information content (AvgIpc) is 3.17. The molecule has 1 amide bonds. The number of carboxylic acid groups (broad SMARTS) is 1.